The van der Waals surface area contributed by atoms with E-state index < -0.39 is 0 Å². The van der Waals surface area contributed by atoms with Crippen molar-refractivity contribution in [1.82, 2.24) is 9.38 Å². The van der Waals surface area contributed by atoms with Crippen molar-refractivity contribution in [3.05, 3.63) is 59.4 Å². The summed E-state index contributed by atoms with van der Waals surface area (Å²) in [4.78, 5) is 4.73. The lowest BCUT2D eigenvalue weighted by atomic mass is 10.0. The highest BCUT2D eigenvalue weighted by molar-refractivity contribution is 5.66. The van der Waals surface area contributed by atoms with E-state index in [0.29, 0.717) is 0 Å². The van der Waals surface area contributed by atoms with Gasteiger partial charge in [0.25, 0.3) is 0 Å². The van der Waals surface area contributed by atoms with Crippen LogP contribution in [0.2, 0.25) is 0 Å². The molecule has 0 saturated carbocycles. The van der Waals surface area contributed by atoms with Gasteiger partial charge in [0, 0.05) is 23.5 Å². The Hall–Kier alpha value is -2.13. The maximum absolute atomic E-state index is 5.89. The van der Waals surface area contributed by atoms with Crippen molar-refractivity contribution in [3.63, 3.8) is 0 Å². The molecule has 0 bridgehead atoms. The first-order valence-electron chi connectivity index (χ1n) is 6.87. The van der Waals surface area contributed by atoms with Crippen molar-refractivity contribution < 1.29 is 0 Å². The number of benzene rings is 1. The first-order chi connectivity index (χ1) is 9.56. The predicted molar refractivity (Wildman–Crippen MR) is 82.7 cm³/mol. The van der Waals surface area contributed by atoms with Crippen LogP contribution in [0.3, 0.4) is 0 Å². The van der Waals surface area contributed by atoms with Crippen molar-refractivity contribution in [2.45, 2.75) is 26.8 Å². The van der Waals surface area contributed by atoms with Crippen LogP contribution >= 0.6 is 0 Å². The minimum atomic E-state index is 0.0638. The molecule has 1 atom stereocenters. The van der Waals surface area contributed by atoms with Crippen molar-refractivity contribution in [2.75, 3.05) is 0 Å². The molecule has 2 aromatic heterocycles. The Kier molecular flexibility index (Phi) is 3.07. The van der Waals surface area contributed by atoms with E-state index in [2.05, 4.69) is 60.8 Å². The van der Waals surface area contributed by atoms with Crippen LogP contribution in [0.15, 0.2) is 42.6 Å². The van der Waals surface area contributed by atoms with Crippen molar-refractivity contribution >= 4 is 5.65 Å². The maximum Gasteiger partial charge on any atom is 0.137 e. The molecule has 2 N–H and O–H groups in total. The molecule has 3 aromatic rings. The molecule has 1 unspecified atom stereocenters. The van der Waals surface area contributed by atoms with Gasteiger partial charge in [-0.1, -0.05) is 30.3 Å². The number of fused-ring (bicyclic) bond motifs is 1. The average molecular weight is 265 g/mol. The number of pyridine rings is 1. The van der Waals surface area contributed by atoms with Gasteiger partial charge in [0.15, 0.2) is 0 Å². The summed E-state index contributed by atoms with van der Waals surface area (Å²) in [6.45, 7) is 6.19. The van der Waals surface area contributed by atoms with E-state index in [1.165, 1.54) is 5.56 Å². The highest BCUT2D eigenvalue weighted by Crippen LogP contribution is 2.25. The number of hydrogen-bond acceptors (Lipinski definition) is 2. The molecule has 0 aliphatic heterocycles. The summed E-state index contributed by atoms with van der Waals surface area (Å²) >= 11 is 0. The smallest absolute Gasteiger partial charge is 0.137 e. The molecule has 3 nitrogen and oxygen atoms in total. The van der Waals surface area contributed by atoms with Crippen molar-refractivity contribution in [2.24, 2.45) is 5.73 Å². The standard InChI is InChI=1S/C17H19N3/c1-11-4-9-16-19-17(13(3)20(16)10-11)15-7-5-14(6-8-15)12(2)18/h4-10,12H,18H2,1-3H3. The van der Waals surface area contributed by atoms with E-state index >= 15 is 0 Å². The number of aryl methyl sites for hydroxylation is 2. The SMILES string of the molecule is Cc1ccc2nc(-c3ccc(C(C)N)cc3)c(C)n2c1. The topological polar surface area (TPSA) is 43.3 Å². The number of aromatic nitrogens is 2. The van der Waals surface area contributed by atoms with Crippen LogP contribution in [-0.4, -0.2) is 9.38 Å². The maximum atomic E-state index is 5.89. The van der Waals surface area contributed by atoms with Gasteiger partial charge in [-0.2, -0.15) is 0 Å². The Morgan fingerprint density at radius 2 is 1.75 bits per heavy atom. The van der Waals surface area contributed by atoms with Gasteiger partial charge in [0.2, 0.25) is 0 Å². The third kappa shape index (κ3) is 2.10. The predicted octanol–water partition coefficient (Wildman–Crippen LogP) is 3.64. The van der Waals surface area contributed by atoms with Gasteiger partial charge >= 0.3 is 0 Å². The Bertz CT molecular complexity index is 752. The van der Waals surface area contributed by atoms with E-state index in [-0.39, 0.29) is 6.04 Å². The second-order valence-corrected chi connectivity index (χ2v) is 5.39. The summed E-state index contributed by atoms with van der Waals surface area (Å²) < 4.78 is 2.14. The summed E-state index contributed by atoms with van der Waals surface area (Å²) in [5.74, 6) is 0. The molecule has 3 heteroatoms. The Balaban J connectivity index is 2.12. The Morgan fingerprint density at radius 3 is 2.40 bits per heavy atom. The Morgan fingerprint density at radius 1 is 1.05 bits per heavy atom. The molecule has 0 saturated heterocycles. The molecule has 0 amide bonds. The van der Waals surface area contributed by atoms with Gasteiger partial charge in [0.05, 0.1) is 5.69 Å². The molecule has 0 spiro atoms. The van der Waals surface area contributed by atoms with Gasteiger partial charge in [0.1, 0.15) is 5.65 Å². The summed E-state index contributed by atoms with van der Waals surface area (Å²) in [5, 5.41) is 0. The second kappa shape index (κ2) is 4.76. The lowest BCUT2D eigenvalue weighted by Gasteiger charge is -2.06. The zero-order chi connectivity index (χ0) is 14.3. The van der Waals surface area contributed by atoms with Crippen LogP contribution in [-0.2, 0) is 0 Å². The number of imidazole rings is 1. The lowest BCUT2D eigenvalue weighted by Crippen LogP contribution is -2.04. The second-order valence-electron chi connectivity index (χ2n) is 5.39. The number of nitrogens with two attached hydrogens (primary N) is 1. The fourth-order valence-electron chi connectivity index (χ4n) is 2.49. The van der Waals surface area contributed by atoms with E-state index in [1.54, 1.807) is 0 Å². The van der Waals surface area contributed by atoms with Gasteiger partial charge in [-0.15, -0.1) is 0 Å². The monoisotopic (exact) mass is 265 g/mol. The van der Waals surface area contributed by atoms with Gasteiger partial charge in [-0.25, -0.2) is 4.98 Å². The first-order valence-corrected chi connectivity index (χ1v) is 6.87. The molecule has 102 valence electrons. The molecular formula is C17H19N3. The molecule has 0 fully saturated rings. The van der Waals surface area contributed by atoms with Crippen LogP contribution in [0, 0.1) is 13.8 Å². The molecule has 0 aliphatic rings. The zero-order valence-corrected chi connectivity index (χ0v) is 12.1. The molecule has 0 radical (unpaired) electrons. The largest absolute Gasteiger partial charge is 0.324 e. The molecule has 3 rings (SSSR count). The van der Waals surface area contributed by atoms with Crippen LogP contribution < -0.4 is 5.73 Å². The minimum Gasteiger partial charge on any atom is -0.324 e. The zero-order valence-electron chi connectivity index (χ0n) is 12.1. The van der Waals surface area contributed by atoms with E-state index in [4.69, 9.17) is 10.7 Å². The van der Waals surface area contributed by atoms with Crippen LogP contribution in [0.1, 0.15) is 29.8 Å². The van der Waals surface area contributed by atoms with Crippen molar-refractivity contribution in [3.8, 4) is 11.3 Å². The molecule has 2 heterocycles. The van der Waals surface area contributed by atoms with Gasteiger partial charge in [-0.05, 0) is 38.0 Å². The summed E-state index contributed by atoms with van der Waals surface area (Å²) in [5.41, 5.74) is 12.6. The van der Waals surface area contributed by atoms with Crippen molar-refractivity contribution in [1.29, 1.82) is 0 Å². The highest BCUT2D eigenvalue weighted by atomic mass is 15.0. The fourth-order valence-corrected chi connectivity index (χ4v) is 2.49. The quantitative estimate of drug-likeness (QED) is 0.768. The normalized spacial score (nSPS) is 12.8. The third-order valence-electron chi connectivity index (χ3n) is 3.72. The fraction of sp³-hybridized carbons (Fsp3) is 0.235. The summed E-state index contributed by atoms with van der Waals surface area (Å²) in [7, 11) is 0. The lowest BCUT2D eigenvalue weighted by molar-refractivity contribution is 0.818. The van der Waals surface area contributed by atoms with E-state index in [9.17, 15) is 0 Å². The Labute approximate surface area is 119 Å². The number of nitrogens with zero attached hydrogens (tertiary/aromatic N) is 2. The highest BCUT2D eigenvalue weighted by Gasteiger charge is 2.10. The number of rotatable bonds is 2. The molecule has 20 heavy (non-hydrogen) atoms. The third-order valence-corrected chi connectivity index (χ3v) is 3.72. The van der Waals surface area contributed by atoms with Crippen LogP contribution in [0.25, 0.3) is 16.9 Å². The van der Waals surface area contributed by atoms with E-state index in [1.807, 2.05) is 6.92 Å². The van der Waals surface area contributed by atoms with E-state index in [0.717, 1.165) is 28.2 Å². The number of hydrogen-bond donors (Lipinski definition) is 1. The molecular weight excluding hydrogens is 246 g/mol. The van der Waals surface area contributed by atoms with Gasteiger partial charge in [-0.3, -0.25) is 0 Å². The van der Waals surface area contributed by atoms with Crippen LogP contribution in [0.5, 0.6) is 0 Å². The summed E-state index contributed by atoms with van der Waals surface area (Å²) in [6, 6.07) is 12.6. The van der Waals surface area contributed by atoms with Crippen LogP contribution in [0.4, 0.5) is 0 Å². The minimum absolute atomic E-state index is 0.0638. The molecule has 0 aliphatic carbocycles. The average Bonchev–Trinajstić information content (AvgIpc) is 2.76. The summed E-state index contributed by atoms with van der Waals surface area (Å²) in [6.07, 6.45) is 2.12. The molecule has 1 aromatic carbocycles. The first kappa shape index (κ1) is 12.9. The van der Waals surface area contributed by atoms with Gasteiger partial charge < -0.3 is 10.1 Å².